The van der Waals surface area contributed by atoms with Crippen LogP contribution in [-0.4, -0.2) is 37.2 Å². The Balaban J connectivity index is 4.14. The molecular formula is C48H92O6. The predicted molar refractivity (Wildman–Crippen MR) is 229 cm³/mol. The van der Waals surface area contributed by atoms with Crippen LogP contribution in [0.15, 0.2) is 0 Å². The summed E-state index contributed by atoms with van der Waals surface area (Å²) in [6.45, 7) is 6.59. The summed E-state index contributed by atoms with van der Waals surface area (Å²) in [5, 5.41) is 0. The van der Waals surface area contributed by atoms with E-state index in [9.17, 15) is 14.4 Å². The maximum Gasteiger partial charge on any atom is 0.306 e. The third-order valence-electron chi connectivity index (χ3n) is 10.9. The van der Waals surface area contributed by atoms with Gasteiger partial charge in [0.05, 0.1) is 0 Å². The highest BCUT2D eigenvalue weighted by Crippen LogP contribution is 2.16. The fourth-order valence-corrected chi connectivity index (χ4v) is 7.21. The fraction of sp³-hybridized carbons (Fsp3) is 0.938. The van der Waals surface area contributed by atoms with Gasteiger partial charge in [-0.25, -0.2) is 0 Å². The summed E-state index contributed by atoms with van der Waals surface area (Å²) < 4.78 is 16.6. The molecule has 0 rings (SSSR count). The molecule has 0 aromatic rings. The average molecular weight is 765 g/mol. The van der Waals surface area contributed by atoms with Crippen LogP contribution in [-0.2, 0) is 28.6 Å². The van der Waals surface area contributed by atoms with Crippen LogP contribution in [0.4, 0.5) is 0 Å². The quantitative estimate of drug-likeness (QED) is 0.0349. The highest BCUT2D eigenvalue weighted by molar-refractivity contribution is 5.71. The van der Waals surface area contributed by atoms with Crippen LogP contribution in [0, 0.1) is 0 Å². The molecule has 1 atom stereocenters. The van der Waals surface area contributed by atoms with E-state index >= 15 is 0 Å². The minimum Gasteiger partial charge on any atom is -0.462 e. The molecule has 320 valence electrons. The maximum absolute atomic E-state index is 12.7. The molecule has 0 saturated heterocycles. The van der Waals surface area contributed by atoms with Gasteiger partial charge in [-0.1, -0.05) is 233 Å². The summed E-state index contributed by atoms with van der Waals surface area (Å²) in [6.07, 6.45) is 45.4. The number of unbranched alkanes of at least 4 members (excludes halogenated alkanes) is 33. The number of rotatable bonds is 44. The van der Waals surface area contributed by atoms with E-state index in [-0.39, 0.29) is 31.1 Å². The lowest BCUT2D eigenvalue weighted by Gasteiger charge is -2.18. The highest BCUT2D eigenvalue weighted by Gasteiger charge is 2.19. The average Bonchev–Trinajstić information content (AvgIpc) is 3.17. The molecular weight excluding hydrogens is 673 g/mol. The minimum atomic E-state index is -0.757. The van der Waals surface area contributed by atoms with E-state index in [0.717, 1.165) is 64.2 Å². The van der Waals surface area contributed by atoms with E-state index < -0.39 is 6.10 Å². The van der Waals surface area contributed by atoms with E-state index in [2.05, 4.69) is 20.8 Å². The molecule has 0 radical (unpaired) electrons. The molecule has 0 unspecified atom stereocenters. The fourth-order valence-electron chi connectivity index (χ4n) is 7.21. The zero-order valence-corrected chi connectivity index (χ0v) is 36.5. The zero-order chi connectivity index (χ0) is 39.4. The van der Waals surface area contributed by atoms with Crippen molar-refractivity contribution in [3.05, 3.63) is 0 Å². The molecule has 0 aliphatic carbocycles. The number of ether oxygens (including phenoxy) is 3. The molecule has 0 aromatic heterocycles. The molecule has 0 aliphatic heterocycles. The first-order valence-electron chi connectivity index (χ1n) is 24.0. The Bertz CT molecular complexity index is 798. The zero-order valence-electron chi connectivity index (χ0n) is 36.5. The van der Waals surface area contributed by atoms with Gasteiger partial charge in [-0.05, 0) is 19.3 Å². The number of carbonyl (C=O) groups is 3. The van der Waals surface area contributed by atoms with Crippen LogP contribution in [0.1, 0.15) is 271 Å². The van der Waals surface area contributed by atoms with E-state index in [1.54, 1.807) is 0 Å². The smallest absolute Gasteiger partial charge is 0.306 e. The van der Waals surface area contributed by atoms with Gasteiger partial charge in [0.25, 0.3) is 0 Å². The molecule has 0 heterocycles. The van der Waals surface area contributed by atoms with Gasteiger partial charge < -0.3 is 14.2 Å². The second kappa shape index (κ2) is 44.1. The number of esters is 3. The van der Waals surface area contributed by atoms with Crippen LogP contribution in [0.2, 0.25) is 0 Å². The van der Waals surface area contributed by atoms with Crippen molar-refractivity contribution in [3.63, 3.8) is 0 Å². The van der Waals surface area contributed by atoms with Crippen molar-refractivity contribution in [2.75, 3.05) is 13.2 Å². The van der Waals surface area contributed by atoms with Crippen LogP contribution in [0.5, 0.6) is 0 Å². The Morgan fingerprint density at radius 3 is 0.741 bits per heavy atom. The molecule has 6 heteroatoms. The monoisotopic (exact) mass is 765 g/mol. The third-order valence-corrected chi connectivity index (χ3v) is 10.9. The molecule has 54 heavy (non-hydrogen) atoms. The minimum absolute atomic E-state index is 0.0634. The summed E-state index contributed by atoms with van der Waals surface area (Å²) in [6, 6.07) is 0. The lowest BCUT2D eigenvalue weighted by molar-refractivity contribution is -0.167. The van der Waals surface area contributed by atoms with E-state index in [0.29, 0.717) is 19.3 Å². The Morgan fingerprint density at radius 1 is 0.296 bits per heavy atom. The van der Waals surface area contributed by atoms with Crippen LogP contribution in [0.25, 0.3) is 0 Å². The molecule has 6 nitrogen and oxygen atoms in total. The van der Waals surface area contributed by atoms with Gasteiger partial charge in [-0.2, -0.15) is 0 Å². The molecule has 0 N–H and O–H groups in total. The van der Waals surface area contributed by atoms with Gasteiger partial charge in [0.15, 0.2) is 6.10 Å². The van der Waals surface area contributed by atoms with Crippen LogP contribution < -0.4 is 0 Å². The first-order chi connectivity index (χ1) is 26.5. The van der Waals surface area contributed by atoms with Crippen LogP contribution in [0.3, 0.4) is 0 Å². The van der Waals surface area contributed by atoms with Crippen LogP contribution >= 0.6 is 0 Å². The van der Waals surface area contributed by atoms with E-state index in [1.165, 1.54) is 167 Å². The first kappa shape index (κ1) is 52.4. The SMILES string of the molecule is CCCCCCCCCCCCCCCCCCC(=O)OC[C@@H](COC(=O)CCCCCCC)OC(=O)CCCCCCCCCCCCCCCCC. The number of hydrogen-bond acceptors (Lipinski definition) is 6. The summed E-state index contributed by atoms with van der Waals surface area (Å²) in [5.41, 5.74) is 0. The van der Waals surface area contributed by atoms with Gasteiger partial charge in [0.1, 0.15) is 13.2 Å². The Labute approximate surface area is 336 Å². The molecule has 0 bridgehead atoms. The van der Waals surface area contributed by atoms with Crippen molar-refractivity contribution in [2.24, 2.45) is 0 Å². The first-order valence-corrected chi connectivity index (χ1v) is 24.0. The number of carbonyl (C=O) groups excluding carboxylic acids is 3. The summed E-state index contributed by atoms with van der Waals surface area (Å²) in [4.78, 5) is 37.5. The highest BCUT2D eigenvalue weighted by atomic mass is 16.6. The van der Waals surface area contributed by atoms with E-state index in [1.807, 2.05) is 0 Å². The van der Waals surface area contributed by atoms with Crippen molar-refractivity contribution < 1.29 is 28.6 Å². The van der Waals surface area contributed by atoms with Gasteiger partial charge in [-0.15, -0.1) is 0 Å². The molecule has 0 spiro atoms. The largest absolute Gasteiger partial charge is 0.462 e. The van der Waals surface area contributed by atoms with Gasteiger partial charge in [0, 0.05) is 19.3 Å². The lowest BCUT2D eigenvalue weighted by atomic mass is 10.0. The molecule has 0 saturated carbocycles. The second-order valence-corrected chi connectivity index (χ2v) is 16.4. The normalized spacial score (nSPS) is 11.8. The number of hydrogen-bond donors (Lipinski definition) is 0. The van der Waals surface area contributed by atoms with Crippen molar-refractivity contribution in [2.45, 2.75) is 277 Å². The van der Waals surface area contributed by atoms with Gasteiger partial charge in [0.2, 0.25) is 0 Å². The Morgan fingerprint density at radius 2 is 0.500 bits per heavy atom. The second-order valence-electron chi connectivity index (χ2n) is 16.4. The van der Waals surface area contributed by atoms with Crippen molar-refractivity contribution in [3.8, 4) is 0 Å². The topological polar surface area (TPSA) is 78.9 Å². The van der Waals surface area contributed by atoms with Gasteiger partial charge >= 0.3 is 17.9 Å². The van der Waals surface area contributed by atoms with Crippen molar-refractivity contribution in [1.29, 1.82) is 0 Å². The maximum atomic E-state index is 12.7. The standard InChI is InChI=1S/C48H92O6/c1-4-7-10-13-15-17-19-21-23-25-26-28-30-32-35-38-41-47(50)53-44-45(43-52-46(49)40-37-34-12-9-6-3)54-48(51)42-39-36-33-31-29-27-24-22-20-18-16-14-11-8-5-2/h45H,4-44H2,1-3H3/t45-/m1/s1. The summed E-state index contributed by atoms with van der Waals surface area (Å²) >= 11 is 0. The van der Waals surface area contributed by atoms with Gasteiger partial charge in [-0.3, -0.25) is 14.4 Å². The van der Waals surface area contributed by atoms with E-state index in [4.69, 9.17) is 14.2 Å². The summed E-state index contributed by atoms with van der Waals surface area (Å²) in [5.74, 6) is -0.861. The molecule has 0 aliphatic rings. The van der Waals surface area contributed by atoms with Crippen molar-refractivity contribution in [1.82, 2.24) is 0 Å². The summed E-state index contributed by atoms with van der Waals surface area (Å²) in [7, 11) is 0. The third kappa shape index (κ3) is 41.6. The van der Waals surface area contributed by atoms with Crippen molar-refractivity contribution >= 4 is 17.9 Å². The molecule has 0 fully saturated rings. The Kier molecular flexibility index (Phi) is 42.8. The lowest BCUT2D eigenvalue weighted by Crippen LogP contribution is -2.30. The molecule has 0 amide bonds. The Hall–Kier alpha value is -1.59. The molecule has 0 aromatic carbocycles. The predicted octanol–water partition coefficient (Wildman–Crippen LogP) is 15.3.